The summed E-state index contributed by atoms with van der Waals surface area (Å²) in [5.41, 5.74) is 6.22. The summed E-state index contributed by atoms with van der Waals surface area (Å²) in [6.45, 7) is 0.106. The molecule has 1 heterocycles. The monoisotopic (exact) mass is 420 g/mol. The maximum atomic E-state index is 12.1. The molecule has 1 atom stereocenters. The molecular weight excluding hydrogens is 407 g/mol. The third-order valence-electron chi connectivity index (χ3n) is 3.68. The molecule has 1 aromatic carbocycles. The molecule has 0 radical (unpaired) electrons. The molecule has 1 aromatic rings. The van der Waals surface area contributed by atoms with Crippen molar-refractivity contribution in [3.8, 4) is 0 Å². The van der Waals surface area contributed by atoms with Crippen LogP contribution in [0.2, 0.25) is 0 Å². The highest BCUT2D eigenvalue weighted by molar-refractivity contribution is 6.76. The Balaban J connectivity index is 2.14. The highest BCUT2D eigenvalue weighted by Gasteiger charge is 2.38. The van der Waals surface area contributed by atoms with E-state index in [9.17, 15) is 19.2 Å². The highest BCUT2D eigenvalue weighted by atomic mass is 35.6. The van der Waals surface area contributed by atoms with Gasteiger partial charge < -0.3 is 16.4 Å². The van der Waals surface area contributed by atoms with Gasteiger partial charge in [0.25, 0.3) is 9.70 Å². The largest absolute Gasteiger partial charge is 0.352 e. The van der Waals surface area contributed by atoms with E-state index in [0.717, 1.165) is 0 Å². The van der Waals surface area contributed by atoms with E-state index in [1.807, 2.05) is 0 Å². The molecule has 140 valence electrons. The van der Waals surface area contributed by atoms with Crippen molar-refractivity contribution in [1.29, 1.82) is 0 Å². The van der Waals surface area contributed by atoms with Crippen LogP contribution >= 0.6 is 34.8 Å². The summed E-state index contributed by atoms with van der Waals surface area (Å²) in [4.78, 5) is 47.6. The first kappa shape index (κ1) is 20.3. The number of alkyl halides is 3. The molecule has 1 fully saturated rings. The maximum absolute atomic E-state index is 12.1. The molecule has 11 heteroatoms. The van der Waals surface area contributed by atoms with E-state index in [1.165, 1.54) is 0 Å². The Morgan fingerprint density at radius 1 is 1.23 bits per heavy atom. The van der Waals surface area contributed by atoms with Crippen molar-refractivity contribution in [3.63, 3.8) is 0 Å². The Hall–Kier alpha value is -2.03. The second-order valence-corrected chi connectivity index (χ2v) is 7.82. The predicted molar refractivity (Wildman–Crippen MR) is 95.5 cm³/mol. The number of primary amides is 1. The number of hydrogen-bond acceptors (Lipinski definition) is 4. The lowest BCUT2D eigenvalue weighted by molar-refractivity contribution is -0.133. The second-order valence-electron chi connectivity index (χ2n) is 5.54. The van der Waals surface area contributed by atoms with Crippen molar-refractivity contribution in [2.75, 3.05) is 6.54 Å². The molecule has 0 aromatic heterocycles. The molecule has 1 saturated heterocycles. The quantitative estimate of drug-likeness (QED) is 0.476. The first-order valence-electron chi connectivity index (χ1n) is 7.41. The highest BCUT2D eigenvalue weighted by Crippen LogP contribution is 2.29. The summed E-state index contributed by atoms with van der Waals surface area (Å²) >= 11 is 16.6. The standard InChI is InChI=1S/C15H15Cl3N4O4/c16-15(17,18)13(25)22(14(19)26)7-9-4-2-1-3-8(9)5-11(23)21-10-6-20-12(10)24/h1-4,10H,5-7H2,(H2,19,26)(H,20,24)(H,21,23). The van der Waals surface area contributed by atoms with Crippen LogP contribution in [0.3, 0.4) is 0 Å². The molecule has 1 aliphatic rings. The van der Waals surface area contributed by atoms with E-state index in [2.05, 4.69) is 10.6 Å². The van der Waals surface area contributed by atoms with Crippen LogP contribution in [-0.4, -0.2) is 45.0 Å². The van der Waals surface area contributed by atoms with E-state index in [4.69, 9.17) is 40.5 Å². The number of imide groups is 1. The van der Waals surface area contributed by atoms with Gasteiger partial charge in [0, 0.05) is 6.54 Å². The zero-order valence-electron chi connectivity index (χ0n) is 13.3. The fraction of sp³-hybridized carbons (Fsp3) is 0.333. The van der Waals surface area contributed by atoms with Gasteiger partial charge in [-0.05, 0) is 11.1 Å². The molecule has 2 rings (SSSR count). The normalized spacial score (nSPS) is 16.3. The van der Waals surface area contributed by atoms with E-state index in [1.54, 1.807) is 24.3 Å². The number of nitrogens with two attached hydrogens (primary N) is 1. The van der Waals surface area contributed by atoms with E-state index < -0.39 is 21.8 Å². The van der Waals surface area contributed by atoms with Crippen LogP contribution in [0.25, 0.3) is 0 Å². The minimum atomic E-state index is -2.35. The number of rotatable bonds is 5. The van der Waals surface area contributed by atoms with Crippen LogP contribution in [0.5, 0.6) is 0 Å². The number of carbonyl (C=O) groups is 4. The van der Waals surface area contributed by atoms with Gasteiger partial charge in [0.2, 0.25) is 11.8 Å². The van der Waals surface area contributed by atoms with Gasteiger partial charge in [0.1, 0.15) is 6.04 Å². The molecule has 5 amide bonds. The van der Waals surface area contributed by atoms with Gasteiger partial charge in [-0.1, -0.05) is 59.1 Å². The van der Waals surface area contributed by atoms with Crippen molar-refractivity contribution in [3.05, 3.63) is 35.4 Å². The summed E-state index contributed by atoms with van der Waals surface area (Å²) in [7, 11) is 0. The summed E-state index contributed by atoms with van der Waals surface area (Å²) in [6.07, 6.45) is -0.0610. The molecule has 1 unspecified atom stereocenters. The topological polar surface area (TPSA) is 122 Å². The SMILES string of the molecule is NC(=O)N(Cc1ccccc1CC(=O)NC1CNC1=O)C(=O)C(Cl)(Cl)Cl. The lowest BCUT2D eigenvalue weighted by Gasteiger charge is -2.27. The fourth-order valence-electron chi connectivity index (χ4n) is 2.28. The first-order chi connectivity index (χ1) is 12.1. The van der Waals surface area contributed by atoms with Gasteiger partial charge in [-0.15, -0.1) is 0 Å². The summed E-state index contributed by atoms with van der Waals surface area (Å²) in [5, 5.41) is 5.10. The number of benzene rings is 1. The molecule has 8 nitrogen and oxygen atoms in total. The number of β-lactam (4-membered cyclic amide) rings is 1. The lowest BCUT2D eigenvalue weighted by atomic mass is 10.0. The maximum Gasteiger partial charge on any atom is 0.321 e. The van der Waals surface area contributed by atoms with E-state index in [-0.39, 0.29) is 24.8 Å². The third-order valence-corrected chi connectivity index (χ3v) is 4.17. The number of urea groups is 1. The van der Waals surface area contributed by atoms with Crippen LogP contribution in [-0.2, 0) is 27.3 Å². The van der Waals surface area contributed by atoms with Crippen molar-refractivity contribution < 1.29 is 19.2 Å². The van der Waals surface area contributed by atoms with Gasteiger partial charge in [-0.25, -0.2) is 4.79 Å². The van der Waals surface area contributed by atoms with Crippen molar-refractivity contribution in [2.24, 2.45) is 5.73 Å². The Morgan fingerprint density at radius 3 is 2.31 bits per heavy atom. The third kappa shape index (κ3) is 5.00. The number of nitrogens with one attached hydrogen (secondary N) is 2. The average Bonchev–Trinajstić information content (AvgIpc) is 2.55. The molecule has 26 heavy (non-hydrogen) atoms. The molecule has 4 N–H and O–H groups in total. The minimum absolute atomic E-state index is 0.0610. The zero-order valence-corrected chi connectivity index (χ0v) is 15.6. The van der Waals surface area contributed by atoms with Crippen LogP contribution in [0.1, 0.15) is 11.1 Å². The number of carbonyl (C=O) groups excluding carboxylic acids is 4. The van der Waals surface area contributed by atoms with E-state index >= 15 is 0 Å². The van der Waals surface area contributed by atoms with Gasteiger partial charge in [0.05, 0.1) is 13.0 Å². The second kappa shape index (κ2) is 8.11. The van der Waals surface area contributed by atoms with Crippen molar-refractivity contribution in [2.45, 2.75) is 22.8 Å². The van der Waals surface area contributed by atoms with Gasteiger partial charge in [0.15, 0.2) is 0 Å². The molecule has 1 aliphatic heterocycles. The van der Waals surface area contributed by atoms with Crippen LogP contribution < -0.4 is 16.4 Å². The van der Waals surface area contributed by atoms with Gasteiger partial charge in [-0.3, -0.25) is 19.3 Å². The zero-order chi connectivity index (χ0) is 19.5. The predicted octanol–water partition coefficient (Wildman–Crippen LogP) is 0.621. The Morgan fingerprint density at radius 2 is 1.85 bits per heavy atom. The molecule has 0 bridgehead atoms. The molecular formula is C15H15Cl3N4O4. The average molecular weight is 422 g/mol. The molecule has 0 spiro atoms. The van der Waals surface area contributed by atoms with Gasteiger partial charge in [-0.2, -0.15) is 0 Å². The van der Waals surface area contributed by atoms with Crippen LogP contribution in [0.15, 0.2) is 24.3 Å². The summed E-state index contributed by atoms with van der Waals surface area (Å²) in [5.74, 6) is -1.73. The Bertz CT molecular complexity index is 751. The van der Waals surface area contributed by atoms with Crippen molar-refractivity contribution >= 4 is 58.6 Å². The van der Waals surface area contributed by atoms with E-state index in [0.29, 0.717) is 22.6 Å². The minimum Gasteiger partial charge on any atom is -0.352 e. The number of halogens is 3. The van der Waals surface area contributed by atoms with Crippen LogP contribution in [0, 0.1) is 0 Å². The number of nitrogens with zero attached hydrogens (tertiary/aromatic N) is 1. The number of hydrogen-bond donors (Lipinski definition) is 3. The molecule has 0 saturated carbocycles. The summed E-state index contributed by atoms with van der Waals surface area (Å²) < 4.78 is -2.35. The fourth-order valence-corrected chi connectivity index (χ4v) is 2.59. The van der Waals surface area contributed by atoms with Crippen LogP contribution in [0.4, 0.5) is 4.79 Å². The Kier molecular flexibility index (Phi) is 6.33. The van der Waals surface area contributed by atoms with Crippen molar-refractivity contribution in [1.82, 2.24) is 15.5 Å². The lowest BCUT2D eigenvalue weighted by Crippen LogP contribution is -2.62. The smallest absolute Gasteiger partial charge is 0.321 e. The number of amides is 5. The summed E-state index contributed by atoms with van der Waals surface area (Å²) in [6, 6.07) is 4.96. The first-order valence-corrected chi connectivity index (χ1v) is 8.55. The Labute approximate surface area is 163 Å². The van der Waals surface area contributed by atoms with Gasteiger partial charge >= 0.3 is 6.03 Å². The molecule has 0 aliphatic carbocycles.